The van der Waals surface area contributed by atoms with Crippen LogP contribution in [0.1, 0.15) is 15.9 Å². The number of carbonyl (C=O) groups excluding carboxylic acids is 1. The van der Waals surface area contributed by atoms with Gasteiger partial charge in [-0.15, -0.1) is 0 Å². The lowest BCUT2D eigenvalue weighted by atomic mass is 10.2. The molecule has 0 aliphatic rings. The van der Waals surface area contributed by atoms with Crippen LogP contribution in [0, 0.1) is 0 Å². The van der Waals surface area contributed by atoms with E-state index in [4.69, 9.17) is 11.6 Å². The summed E-state index contributed by atoms with van der Waals surface area (Å²) in [6, 6.07) is 9.19. The van der Waals surface area contributed by atoms with Crippen molar-refractivity contribution in [1.29, 1.82) is 0 Å². The molecule has 18 heavy (non-hydrogen) atoms. The number of benzene rings is 1. The fourth-order valence-corrected chi connectivity index (χ4v) is 2.04. The summed E-state index contributed by atoms with van der Waals surface area (Å²) in [6.07, 6.45) is 2.99. The highest BCUT2D eigenvalue weighted by molar-refractivity contribution is 9.08. The molecule has 1 heterocycles. The molecular weight excluding hydrogens is 316 g/mol. The number of nitrogens with one attached hydrogen (secondary N) is 1. The summed E-state index contributed by atoms with van der Waals surface area (Å²) in [6.45, 7) is 0. The lowest BCUT2D eigenvalue weighted by molar-refractivity contribution is 0.102. The van der Waals surface area contributed by atoms with E-state index in [0.29, 0.717) is 10.6 Å². The van der Waals surface area contributed by atoms with Crippen molar-refractivity contribution in [2.24, 2.45) is 0 Å². The first kappa shape index (κ1) is 13.1. The standard InChI is InChI=1S/C13H10BrClN2O/c14-7-9-2-1-3-10(6-9)17-13(18)11-4-5-16-8-12(11)15/h1-6,8H,7H2,(H,17,18). The molecule has 0 bridgehead atoms. The fourth-order valence-electron chi connectivity index (χ4n) is 1.49. The van der Waals surface area contributed by atoms with Crippen LogP contribution in [0.2, 0.25) is 5.02 Å². The molecule has 1 aromatic carbocycles. The molecule has 1 N–H and O–H groups in total. The molecule has 0 fully saturated rings. The molecule has 0 unspecified atom stereocenters. The van der Waals surface area contributed by atoms with Gasteiger partial charge in [0, 0.05) is 23.4 Å². The van der Waals surface area contributed by atoms with Crippen LogP contribution in [0.25, 0.3) is 0 Å². The molecule has 0 spiro atoms. The largest absolute Gasteiger partial charge is 0.322 e. The van der Waals surface area contributed by atoms with Gasteiger partial charge in [0.2, 0.25) is 0 Å². The SMILES string of the molecule is O=C(Nc1cccc(CBr)c1)c1ccncc1Cl. The maximum absolute atomic E-state index is 12.0. The first-order valence-corrected chi connectivity index (χ1v) is 6.76. The zero-order chi connectivity index (χ0) is 13.0. The van der Waals surface area contributed by atoms with Crippen LogP contribution >= 0.6 is 27.5 Å². The number of alkyl halides is 1. The van der Waals surface area contributed by atoms with Gasteiger partial charge in [-0.25, -0.2) is 0 Å². The minimum atomic E-state index is -0.242. The number of rotatable bonds is 3. The Kier molecular flexibility index (Phi) is 4.33. The molecule has 2 aromatic rings. The first-order chi connectivity index (χ1) is 8.70. The monoisotopic (exact) mass is 324 g/mol. The topological polar surface area (TPSA) is 42.0 Å². The van der Waals surface area contributed by atoms with E-state index in [-0.39, 0.29) is 5.91 Å². The van der Waals surface area contributed by atoms with E-state index in [0.717, 1.165) is 16.6 Å². The van der Waals surface area contributed by atoms with Gasteiger partial charge in [-0.3, -0.25) is 9.78 Å². The normalized spacial score (nSPS) is 10.1. The van der Waals surface area contributed by atoms with Gasteiger partial charge in [-0.2, -0.15) is 0 Å². The third kappa shape index (κ3) is 3.09. The Hall–Kier alpha value is -1.39. The van der Waals surface area contributed by atoms with Crippen LogP contribution in [-0.2, 0) is 5.33 Å². The number of anilines is 1. The molecule has 1 amide bonds. The van der Waals surface area contributed by atoms with E-state index >= 15 is 0 Å². The molecule has 5 heteroatoms. The van der Waals surface area contributed by atoms with Crippen molar-refractivity contribution in [2.75, 3.05) is 5.32 Å². The Bertz CT molecular complexity index is 574. The number of carbonyl (C=O) groups is 1. The highest BCUT2D eigenvalue weighted by Gasteiger charge is 2.10. The van der Waals surface area contributed by atoms with Gasteiger partial charge < -0.3 is 5.32 Å². The predicted molar refractivity (Wildman–Crippen MR) is 76.3 cm³/mol. The number of nitrogens with zero attached hydrogens (tertiary/aromatic N) is 1. The van der Waals surface area contributed by atoms with E-state index < -0.39 is 0 Å². The van der Waals surface area contributed by atoms with Gasteiger partial charge in [0.05, 0.1) is 10.6 Å². The number of aromatic nitrogens is 1. The Morgan fingerprint density at radius 1 is 1.39 bits per heavy atom. The molecular formula is C13H10BrClN2O. The number of halogens is 2. The van der Waals surface area contributed by atoms with Crippen LogP contribution in [0.15, 0.2) is 42.7 Å². The van der Waals surface area contributed by atoms with Crippen molar-refractivity contribution >= 4 is 39.1 Å². The van der Waals surface area contributed by atoms with Crippen LogP contribution < -0.4 is 5.32 Å². The lowest BCUT2D eigenvalue weighted by Gasteiger charge is -2.07. The van der Waals surface area contributed by atoms with Crippen molar-refractivity contribution < 1.29 is 4.79 Å². The summed E-state index contributed by atoms with van der Waals surface area (Å²) in [5.74, 6) is -0.242. The van der Waals surface area contributed by atoms with E-state index in [9.17, 15) is 4.79 Å². The van der Waals surface area contributed by atoms with E-state index in [2.05, 4.69) is 26.2 Å². The highest BCUT2D eigenvalue weighted by Crippen LogP contribution is 2.17. The summed E-state index contributed by atoms with van der Waals surface area (Å²) in [5.41, 5.74) is 2.24. The van der Waals surface area contributed by atoms with Crippen molar-refractivity contribution in [3.63, 3.8) is 0 Å². The summed E-state index contributed by atoms with van der Waals surface area (Å²) in [4.78, 5) is 15.8. The number of hydrogen-bond donors (Lipinski definition) is 1. The van der Waals surface area contributed by atoms with Crippen LogP contribution in [0.5, 0.6) is 0 Å². The molecule has 2 rings (SSSR count). The molecule has 0 atom stereocenters. The molecule has 0 aliphatic heterocycles. The number of hydrogen-bond acceptors (Lipinski definition) is 2. The van der Waals surface area contributed by atoms with Crippen molar-refractivity contribution in [1.82, 2.24) is 4.98 Å². The van der Waals surface area contributed by atoms with Gasteiger partial charge in [0.25, 0.3) is 5.91 Å². The average molecular weight is 326 g/mol. The molecule has 1 aromatic heterocycles. The lowest BCUT2D eigenvalue weighted by Crippen LogP contribution is -2.12. The minimum absolute atomic E-state index is 0.242. The Balaban J connectivity index is 2.19. The van der Waals surface area contributed by atoms with E-state index in [1.54, 1.807) is 6.07 Å². The Morgan fingerprint density at radius 3 is 2.94 bits per heavy atom. The molecule has 0 saturated carbocycles. The van der Waals surface area contributed by atoms with Crippen molar-refractivity contribution in [3.05, 3.63) is 58.9 Å². The molecule has 92 valence electrons. The van der Waals surface area contributed by atoms with Crippen LogP contribution in [0.3, 0.4) is 0 Å². The summed E-state index contributed by atoms with van der Waals surface area (Å²) in [7, 11) is 0. The molecule has 3 nitrogen and oxygen atoms in total. The average Bonchev–Trinajstić information content (AvgIpc) is 2.39. The third-order valence-electron chi connectivity index (χ3n) is 2.36. The predicted octanol–water partition coefficient (Wildman–Crippen LogP) is 3.88. The molecule has 0 aliphatic carbocycles. The van der Waals surface area contributed by atoms with Crippen LogP contribution in [-0.4, -0.2) is 10.9 Å². The van der Waals surface area contributed by atoms with Gasteiger partial charge in [-0.1, -0.05) is 39.7 Å². The summed E-state index contributed by atoms with van der Waals surface area (Å²) >= 11 is 9.29. The smallest absolute Gasteiger partial charge is 0.257 e. The van der Waals surface area contributed by atoms with Gasteiger partial charge in [0.15, 0.2) is 0 Å². The third-order valence-corrected chi connectivity index (χ3v) is 3.30. The second-order valence-corrected chi connectivity index (χ2v) is 4.61. The second kappa shape index (κ2) is 5.98. The summed E-state index contributed by atoms with van der Waals surface area (Å²) in [5, 5.41) is 3.88. The second-order valence-electron chi connectivity index (χ2n) is 3.64. The zero-order valence-electron chi connectivity index (χ0n) is 9.36. The van der Waals surface area contributed by atoms with Crippen molar-refractivity contribution in [2.45, 2.75) is 5.33 Å². The molecule has 0 radical (unpaired) electrons. The fraction of sp³-hybridized carbons (Fsp3) is 0.0769. The summed E-state index contributed by atoms with van der Waals surface area (Å²) < 4.78 is 0. The highest BCUT2D eigenvalue weighted by atomic mass is 79.9. The Labute approximate surface area is 118 Å². The van der Waals surface area contributed by atoms with Crippen molar-refractivity contribution in [3.8, 4) is 0 Å². The Morgan fingerprint density at radius 2 is 2.22 bits per heavy atom. The first-order valence-electron chi connectivity index (χ1n) is 5.26. The minimum Gasteiger partial charge on any atom is -0.322 e. The maximum Gasteiger partial charge on any atom is 0.257 e. The van der Waals surface area contributed by atoms with E-state index in [1.807, 2.05) is 24.3 Å². The molecule has 0 saturated heterocycles. The van der Waals surface area contributed by atoms with Gasteiger partial charge >= 0.3 is 0 Å². The quantitative estimate of drug-likeness (QED) is 0.870. The van der Waals surface area contributed by atoms with Gasteiger partial charge in [0.1, 0.15) is 0 Å². The zero-order valence-corrected chi connectivity index (χ0v) is 11.7. The van der Waals surface area contributed by atoms with Gasteiger partial charge in [-0.05, 0) is 23.8 Å². The number of amides is 1. The van der Waals surface area contributed by atoms with E-state index in [1.165, 1.54) is 12.4 Å². The number of pyridine rings is 1. The van der Waals surface area contributed by atoms with Crippen LogP contribution in [0.4, 0.5) is 5.69 Å². The maximum atomic E-state index is 12.0.